The highest BCUT2D eigenvalue weighted by atomic mass is 32.1. The van der Waals surface area contributed by atoms with E-state index in [1.165, 1.54) is 4.90 Å². The average Bonchev–Trinajstić information content (AvgIpc) is 2.88. The number of ether oxygens (including phenoxy) is 2. The minimum absolute atomic E-state index is 0.0936. The van der Waals surface area contributed by atoms with Crippen molar-refractivity contribution in [1.29, 1.82) is 0 Å². The molecule has 2 aliphatic rings. The van der Waals surface area contributed by atoms with Crippen molar-refractivity contribution in [3.63, 3.8) is 0 Å². The van der Waals surface area contributed by atoms with Gasteiger partial charge in [0.2, 0.25) is 0 Å². The summed E-state index contributed by atoms with van der Waals surface area (Å²) in [6.07, 6.45) is 0.420. The molecule has 5 nitrogen and oxygen atoms in total. The highest BCUT2D eigenvalue weighted by molar-refractivity contribution is 7.80. The van der Waals surface area contributed by atoms with E-state index in [4.69, 9.17) is 21.7 Å². The number of rotatable bonds is 3. The van der Waals surface area contributed by atoms with Crippen LogP contribution in [0.1, 0.15) is 11.1 Å². The molecule has 4 rings (SSSR count). The van der Waals surface area contributed by atoms with E-state index in [9.17, 15) is 13.6 Å². The predicted molar refractivity (Wildman–Crippen MR) is 99.0 cm³/mol. The summed E-state index contributed by atoms with van der Waals surface area (Å²) in [5.74, 6) is -0.645. The maximum absolute atomic E-state index is 13.6. The maximum atomic E-state index is 13.6. The van der Waals surface area contributed by atoms with Crippen molar-refractivity contribution in [3.05, 3.63) is 53.1 Å². The Hall–Kier alpha value is -2.74. The van der Waals surface area contributed by atoms with Gasteiger partial charge in [0.15, 0.2) is 16.6 Å². The molecule has 8 heteroatoms. The molecule has 0 aromatic heterocycles. The molecule has 0 radical (unpaired) electrons. The lowest BCUT2D eigenvalue weighted by molar-refractivity contribution is -0.119. The number of nitrogens with zero attached hydrogens (tertiary/aromatic N) is 2. The van der Waals surface area contributed by atoms with Gasteiger partial charge in [0.05, 0.1) is 19.9 Å². The van der Waals surface area contributed by atoms with Crippen molar-refractivity contribution in [1.82, 2.24) is 4.90 Å². The lowest BCUT2D eigenvalue weighted by Gasteiger charge is -2.31. The first-order chi connectivity index (χ1) is 12.9. The van der Waals surface area contributed by atoms with Gasteiger partial charge < -0.3 is 14.4 Å². The summed E-state index contributed by atoms with van der Waals surface area (Å²) in [4.78, 5) is 15.9. The number of methoxy groups -OCH3 is 2. The highest BCUT2D eigenvalue weighted by Gasteiger charge is 2.45. The third kappa shape index (κ3) is 2.80. The first-order valence-electron chi connectivity index (χ1n) is 8.27. The topological polar surface area (TPSA) is 42.0 Å². The molecule has 0 bridgehead atoms. The Morgan fingerprint density at radius 3 is 2.19 bits per heavy atom. The van der Waals surface area contributed by atoms with Gasteiger partial charge in [0.1, 0.15) is 17.7 Å². The lowest BCUT2D eigenvalue weighted by atomic mass is 9.94. The number of fused-ring (bicyclic) bond motifs is 2. The van der Waals surface area contributed by atoms with E-state index in [0.29, 0.717) is 24.5 Å². The van der Waals surface area contributed by atoms with Crippen LogP contribution in [0.25, 0.3) is 0 Å². The van der Waals surface area contributed by atoms with Gasteiger partial charge in [-0.15, -0.1) is 0 Å². The van der Waals surface area contributed by atoms with Crippen LogP contribution < -0.4 is 14.4 Å². The summed E-state index contributed by atoms with van der Waals surface area (Å²) in [6, 6.07) is 6.16. The van der Waals surface area contributed by atoms with Crippen LogP contribution in [0, 0.1) is 11.6 Å². The summed E-state index contributed by atoms with van der Waals surface area (Å²) >= 11 is 5.45. The molecule has 2 aromatic carbocycles. The second-order valence-electron chi connectivity index (χ2n) is 6.41. The molecule has 0 spiro atoms. The molecule has 1 fully saturated rings. The fourth-order valence-corrected chi connectivity index (χ4v) is 4.00. The average molecular weight is 390 g/mol. The van der Waals surface area contributed by atoms with Gasteiger partial charge >= 0.3 is 0 Å². The zero-order valence-corrected chi connectivity index (χ0v) is 15.5. The van der Waals surface area contributed by atoms with E-state index < -0.39 is 17.7 Å². The summed E-state index contributed by atoms with van der Waals surface area (Å²) in [6.45, 7) is 0.402. The maximum Gasteiger partial charge on any atom is 0.256 e. The van der Waals surface area contributed by atoms with E-state index in [1.54, 1.807) is 19.1 Å². The number of carbonyl (C=O) groups excluding carboxylic acids is 1. The van der Waals surface area contributed by atoms with Gasteiger partial charge in [-0.05, 0) is 47.6 Å². The first kappa shape index (κ1) is 17.7. The lowest BCUT2D eigenvalue weighted by Crippen LogP contribution is -2.40. The summed E-state index contributed by atoms with van der Waals surface area (Å²) in [7, 11) is 3.11. The molecule has 1 unspecified atom stereocenters. The van der Waals surface area contributed by atoms with Gasteiger partial charge in [-0.2, -0.15) is 0 Å². The van der Waals surface area contributed by atoms with Crippen LogP contribution >= 0.6 is 12.2 Å². The molecule has 1 atom stereocenters. The fraction of sp³-hybridized carbons (Fsp3) is 0.263. The monoisotopic (exact) mass is 390 g/mol. The number of anilines is 1. The molecule has 0 saturated carbocycles. The van der Waals surface area contributed by atoms with Crippen LogP contribution in [0.15, 0.2) is 30.3 Å². The Balaban J connectivity index is 1.72. The quantitative estimate of drug-likeness (QED) is 0.754. The van der Waals surface area contributed by atoms with Crippen LogP contribution in [-0.2, 0) is 17.8 Å². The number of benzene rings is 2. The van der Waals surface area contributed by atoms with Gasteiger partial charge in [-0.1, -0.05) is 0 Å². The molecule has 0 aliphatic carbocycles. The number of halogens is 2. The van der Waals surface area contributed by atoms with Crippen molar-refractivity contribution in [3.8, 4) is 11.5 Å². The normalized spacial score (nSPS) is 18.4. The zero-order valence-electron chi connectivity index (χ0n) is 14.7. The van der Waals surface area contributed by atoms with Crippen molar-refractivity contribution >= 4 is 28.9 Å². The smallest absolute Gasteiger partial charge is 0.256 e. The van der Waals surface area contributed by atoms with Gasteiger partial charge in [0, 0.05) is 19.0 Å². The van der Waals surface area contributed by atoms with Crippen molar-refractivity contribution < 1.29 is 23.0 Å². The predicted octanol–water partition coefficient (Wildman–Crippen LogP) is 3.04. The van der Waals surface area contributed by atoms with Crippen LogP contribution in [0.2, 0.25) is 0 Å². The minimum atomic E-state index is -0.761. The Labute approximate surface area is 160 Å². The number of amides is 1. The van der Waals surface area contributed by atoms with Crippen LogP contribution in [0.4, 0.5) is 14.5 Å². The first-order valence-corrected chi connectivity index (χ1v) is 8.68. The SMILES string of the molecule is COc1cc2c(cc1OC)CN1C(=S)N(c3cc(F)cc(F)c3)C(=O)C1C2. The second-order valence-corrected chi connectivity index (χ2v) is 6.77. The van der Waals surface area contributed by atoms with E-state index in [0.717, 1.165) is 29.3 Å². The number of hydrogen-bond acceptors (Lipinski definition) is 4. The van der Waals surface area contributed by atoms with E-state index in [2.05, 4.69) is 0 Å². The number of thiocarbonyl (C=S) groups is 1. The number of hydrogen-bond donors (Lipinski definition) is 0. The van der Waals surface area contributed by atoms with Crippen molar-refractivity contribution in [2.24, 2.45) is 0 Å². The highest BCUT2D eigenvalue weighted by Crippen LogP contribution is 2.38. The van der Waals surface area contributed by atoms with Gasteiger partial charge in [-0.3, -0.25) is 9.69 Å². The molecule has 1 amide bonds. The fourth-order valence-electron chi connectivity index (χ4n) is 3.61. The molecule has 2 heterocycles. The van der Waals surface area contributed by atoms with E-state index in [-0.39, 0.29) is 16.7 Å². The van der Waals surface area contributed by atoms with Gasteiger partial charge in [-0.25, -0.2) is 8.78 Å². The Kier molecular flexibility index (Phi) is 4.22. The summed E-state index contributed by atoms with van der Waals surface area (Å²) in [5.41, 5.74) is 2.01. The molecule has 2 aromatic rings. The molecule has 27 heavy (non-hydrogen) atoms. The molecular weight excluding hydrogens is 374 g/mol. The standard InChI is InChI=1S/C19H16F2N2O3S/c1-25-16-4-10-3-15-18(24)23(14-7-12(20)6-13(21)8-14)19(27)22(15)9-11(10)5-17(16)26-2/h4-8,15H,3,9H2,1-2H3. The number of carbonyl (C=O) groups is 1. The molecule has 140 valence electrons. The van der Waals surface area contributed by atoms with Crippen LogP contribution in [-0.4, -0.2) is 36.2 Å². The largest absolute Gasteiger partial charge is 0.493 e. The van der Waals surface area contributed by atoms with E-state index >= 15 is 0 Å². The van der Waals surface area contributed by atoms with Crippen molar-refractivity contribution in [2.75, 3.05) is 19.1 Å². The molecule has 1 saturated heterocycles. The summed E-state index contributed by atoms with van der Waals surface area (Å²) < 4.78 is 37.9. The Morgan fingerprint density at radius 1 is 1.00 bits per heavy atom. The van der Waals surface area contributed by atoms with Crippen LogP contribution in [0.3, 0.4) is 0 Å². The van der Waals surface area contributed by atoms with Crippen LogP contribution in [0.5, 0.6) is 11.5 Å². The third-order valence-corrected chi connectivity index (χ3v) is 5.30. The van der Waals surface area contributed by atoms with Gasteiger partial charge in [0.25, 0.3) is 5.91 Å². The van der Waals surface area contributed by atoms with Crippen molar-refractivity contribution in [2.45, 2.75) is 19.0 Å². The molecular formula is C19H16F2N2O3S. The zero-order chi connectivity index (χ0) is 19.3. The summed E-state index contributed by atoms with van der Waals surface area (Å²) in [5, 5.41) is 0.232. The third-order valence-electron chi connectivity index (χ3n) is 4.88. The molecule has 2 aliphatic heterocycles. The minimum Gasteiger partial charge on any atom is -0.493 e. The Bertz CT molecular complexity index is 895. The Morgan fingerprint density at radius 2 is 1.59 bits per heavy atom. The van der Waals surface area contributed by atoms with E-state index in [1.807, 2.05) is 12.1 Å². The molecule has 0 N–H and O–H groups in total. The second kappa shape index (κ2) is 6.45.